The van der Waals surface area contributed by atoms with Crippen LogP contribution < -0.4 is 4.74 Å². The second kappa shape index (κ2) is 4.53. The van der Waals surface area contributed by atoms with Crippen LogP contribution in [0.1, 0.15) is 24.0 Å². The van der Waals surface area contributed by atoms with Crippen LogP contribution in [-0.4, -0.2) is 17.8 Å². The van der Waals surface area contributed by atoms with Gasteiger partial charge in [0.05, 0.1) is 12.0 Å². The van der Waals surface area contributed by atoms with Gasteiger partial charge in [0.25, 0.3) is 0 Å². The molecule has 0 atom stereocenters. The van der Waals surface area contributed by atoms with Gasteiger partial charge in [-0.25, -0.2) is 0 Å². The molecule has 0 amide bonds. The number of fused-ring (bicyclic) bond motifs is 1. The van der Waals surface area contributed by atoms with E-state index in [1.165, 1.54) is 7.11 Å². The monoisotopic (exact) mass is 235 g/mol. The lowest BCUT2D eigenvalue weighted by atomic mass is 10.0. The lowest BCUT2D eigenvalue weighted by molar-refractivity contribution is -0.386. The largest absolute Gasteiger partial charge is 0.490 e. The first-order chi connectivity index (χ1) is 8.13. The summed E-state index contributed by atoms with van der Waals surface area (Å²) in [4.78, 5) is 22.0. The molecule has 1 aliphatic rings. The first-order valence-electron chi connectivity index (χ1n) is 5.48. The first kappa shape index (κ1) is 11.6. The molecule has 1 aliphatic carbocycles. The average molecular weight is 235 g/mol. The molecular weight excluding hydrogens is 222 g/mol. The van der Waals surface area contributed by atoms with E-state index in [1.54, 1.807) is 6.07 Å². The predicted octanol–water partition coefficient (Wildman–Crippen LogP) is 2.05. The Kier molecular flexibility index (Phi) is 3.08. The molecule has 90 valence electrons. The Morgan fingerprint density at radius 3 is 2.59 bits per heavy atom. The highest BCUT2D eigenvalue weighted by molar-refractivity contribution is 5.80. The molecule has 5 heteroatoms. The summed E-state index contributed by atoms with van der Waals surface area (Å²) in [6.07, 6.45) is 1.86. The number of ketones is 1. The summed E-state index contributed by atoms with van der Waals surface area (Å²) in [5.74, 6) is 0.428. The fraction of sp³-hybridized carbons (Fsp3) is 0.417. The molecule has 1 aromatic rings. The number of Topliss-reactive ketones (excluding diaryl/α,β-unsaturated/α-hetero) is 1. The second-order valence-corrected chi connectivity index (χ2v) is 4.05. The van der Waals surface area contributed by atoms with Crippen molar-refractivity contribution < 1.29 is 14.5 Å². The van der Waals surface area contributed by atoms with Gasteiger partial charge in [0.2, 0.25) is 0 Å². The van der Waals surface area contributed by atoms with E-state index >= 15 is 0 Å². The number of hydrogen-bond acceptors (Lipinski definition) is 4. The molecule has 17 heavy (non-hydrogen) atoms. The number of carbonyl (C=O) groups excluding carboxylic acids is 1. The molecule has 0 saturated heterocycles. The van der Waals surface area contributed by atoms with Crippen LogP contribution in [0.2, 0.25) is 0 Å². The van der Waals surface area contributed by atoms with Crippen LogP contribution in [0.4, 0.5) is 5.69 Å². The molecule has 1 aromatic carbocycles. The Morgan fingerprint density at radius 2 is 1.94 bits per heavy atom. The van der Waals surface area contributed by atoms with Gasteiger partial charge in [0.1, 0.15) is 5.78 Å². The highest BCUT2D eigenvalue weighted by Gasteiger charge is 2.26. The minimum Gasteiger partial charge on any atom is -0.490 e. The van der Waals surface area contributed by atoms with Crippen molar-refractivity contribution in [2.45, 2.75) is 25.7 Å². The van der Waals surface area contributed by atoms with Gasteiger partial charge in [-0.05, 0) is 24.5 Å². The quantitative estimate of drug-likeness (QED) is 0.447. The molecule has 0 spiro atoms. The molecule has 0 aromatic heterocycles. The lowest BCUT2D eigenvalue weighted by Gasteiger charge is -2.09. The molecule has 5 nitrogen and oxygen atoms in total. The number of methoxy groups -OCH3 is 1. The van der Waals surface area contributed by atoms with E-state index in [2.05, 4.69) is 0 Å². The maximum Gasteiger partial charge on any atom is 0.314 e. The smallest absolute Gasteiger partial charge is 0.314 e. The Morgan fingerprint density at radius 1 is 1.24 bits per heavy atom. The van der Waals surface area contributed by atoms with Gasteiger partial charge in [-0.3, -0.25) is 14.9 Å². The van der Waals surface area contributed by atoms with Crippen molar-refractivity contribution in [2.24, 2.45) is 0 Å². The van der Waals surface area contributed by atoms with E-state index in [-0.39, 0.29) is 17.2 Å². The Labute approximate surface area is 98.5 Å². The standard InChI is InChI=1S/C12H13NO4/c1-17-11-7-3-8-2-4-9(14)5-6-10(8)12(11)13(15)16/h3,7H,2,4-6H2,1H3. The number of benzene rings is 1. The normalized spacial score (nSPS) is 15.0. The van der Waals surface area contributed by atoms with Crippen LogP contribution in [-0.2, 0) is 17.6 Å². The van der Waals surface area contributed by atoms with Gasteiger partial charge >= 0.3 is 5.69 Å². The predicted molar refractivity (Wildman–Crippen MR) is 61.3 cm³/mol. The summed E-state index contributed by atoms with van der Waals surface area (Å²) in [6, 6.07) is 3.42. The van der Waals surface area contributed by atoms with Crippen LogP contribution in [0.25, 0.3) is 0 Å². The topological polar surface area (TPSA) is 69.4 Å². The van der Waals surface area contributed by atoms with Crippen molar-refractivity contribution in [1.29, 1.82) is 0 Å². The third kappa shape index (κ3) is 2.13. The number of nitrogens with zero attached hydrogens (tertiary/aromatic N) is 1. The summed E-state index contributed by atoms with van der Waals surface area (Å²) in [7, 11) is 1.41. The number of nitro groups is 1. The third-order valence-corrected chi connectivity index (χ3v) is 3.07. The number of rotatable bonds is 2. The van der Waals surface area contributed by atoms with Crippen molar-refractivity contribution in [3.05, 3.63) is 33.4 Å². The molecule has 0 N–H and O–H groups in total. The van der Waals surface area contributed by atoms with Crippen molar-refractivity contribution in [3.63, 3.8) is 0 Å². The summed E-state index contributed by atoms with van der Waals surface area (Å²) < 4.78 is 5.01. The third-order valence-electron chi connectivity index (χ3n) is 3.07. The average Bonchev–Trinajstić information content (AvgIpc) is 2.50. The Hall–Kier alpha value is -1.91. The zero-order valence-electron chi connectivity index (χ0n) is 9.56. The highest BCUT2D eigenvalue weighted by atomic mass is 16.6. The molecule has 0 saturated carbocycles. The molecule has 0 radical (unpaired) electrons. The molecule has 2 rings (SSSR count). The number of hydrogen-bond donors (Lipinski definition) is 0. The van der Waals surface area contributed by atoms with Gasteiger partial charge in [0.15, 0.2) is 5.75 Å². The van der Waals surface area contributed by atoms with Crippen LogP contribution >= 0.6 is 0 Å². The number of aryl methyl sites for hydroxylation is 1. The first-order valence-corrected chi connectivity index (χ1v) is 5.48. The fourth-order valence-electron chi connectivity index (χ4n) is 2.20. The Balaban J connectivity index is 2.55. The Bertz CT molecular complexity index is 482. The van der Waals surface area contributed by atoms with Crippen LogP contribution in [0.5, 0.6) is 5.75 Å². The van der Waals surface area contributed by atoms with E-state index in [0.29, 0.717) is 31.2 Å². The molecule has 0 unspecified atom stereocenters. The fourth-order valence-corrected chi connectivity index (χ4v) is 2.20. The van der Waals surface area contributed by atoms with Gasteiger partial charge in [-0.2, -0.15) is 0 Å². The van der Waals surface area contributed by atoms with Crippen molar-refractivity contribution in [3.8, 4) is 5.75 Å². The minimum atomic E-state index is -0.423. The van der Waals surface area contributed by atoms with E-state index in [9.17, 15) is 14.9 Å². The van der Waals surface area contributed by atoms with E-state index in [1.807, 2.05) is 6.07 Å². The molecule has 0 fully saturated rings. The lowest BCUT2D eigenvalue weighted by Crippen LogP contribution is -2.02. The van der Waals surface area contributed by atoms with Crippen molar-refractivity contribution >= 4 is 11.5 Å². The highest BCUT2D eigenvalue weighted by Crippen LogP contribution is 2.35. The summed E-state index contributed by atoms with van der Waals surface area (Å²) in [6.45, 7) is 0. The molecule has 0 aliphatic heterocycles. The van der Waals surface area contributed by atoms with E-state index in [0.717, 1.165) is 5.56 Å². The van der Waals surface area contributed by atoms with Crippen LogP contribution in [0, 0.1) is 10.1 Å². The zero-order chi connectivity index (χ0) is 12.4. The van der Waals surface area contributed by atoms with E-state index in [4.69, 9.17) is 4.74 Å². The van der Waals surface area contributed by atoms with Crippen LogP contribution in [0.3, 0.4) is 0 Å². The van der Waals surface area contributed by atoms with Crippen LogP contribution in [0.15, 0.2) is 12.1 Å². The van der Waals surface area contributed by atoms with E-state index < -0.39 is 4.92 Å². The summed E-state index contributed by atoms with van der Waals surface area (Å²) >= 11 is 0. The molecule has 0 heterocycles. The second-order valence-electron chi connectivity index (χ2n) is 4.05. The zero-order valence-corrected chi connectivity index (χ0v) is 9.56. The minimum absolute atomic E-state index is 0.0136. The maximum absolute atomic E-state index is 11.4. The SMILES string of the molecule is COc1ccc2c(c1[N+](=O)[O-])CCC(=O)CC2. The number of carbonyl (C=O) groups is 1. The van der Waals surface area contributed by atoms with Gasteiger partial charge in [-0.1, -0.05) is 6.07 Å². The number of ether oxygens (including phenoxy) is 1. The summed E-state index contributed by atoms with van der Waals surface area (Å²) in [5, 5.41) is 11.1. The maximum atomic E-state index is 11.4. The van der Waals surface area contributed by atoms with Crippen molar-refractivity contribution in [1.82, 2.24) is 0 Å². The van der Waals surface area contributed by atoms with Gasteiger partial charge in [-0.15, -0.1) is 0 Å². The van der Waals surface area contributed by atoms with Gasteiger partial charge in [0, 0.05) is 18.4 Å². The molecule has 0 bridgehead atoms. The summed E-state index contributed by atoms with van der Waals surface area (Å²) in [5.41, 5.74) is 1.56. The van der Waals surface area contributed by atoms with Crippen molar-refractivity contribution in [2.75, 3.05) is 7.11 Å². The van der Waals surface area contributed by atoms with Gasteiger partial charge < -0.3 is 4.74 Å². The number of nitro benzene ring substituents is 1. The molecular formula is C12H13NO4.